The van der Waals surface area contributed by atoms with Gasteiger partial charge in [0.15, 0.2) is 17.4 Å². The number of piperazine rings is 1. The van der Waals surface area contributed by atoms with Gasteiger partial charge in [-0.05, 0) is 12.1 Å². The number of phenolic OH excluding ortho intramolecular Hbond substituents is 1. The van der Waals surface area contributed by atoms with Crippen LogP contribution in [0, 0.1) is 11.6 Å². The molecule has 7 nitrogen and oxygen atoms in total. The molecule has 0 aliphatic carbocycles. The second kappa shape index (κ2) is 7.59. The molecule has 1 aliphatic rings. The highest BCUT2D eigenvalue weighted by molar-refractivity contribution is 7.88. The van der Waals surface area contributed by atoms with Crippen molar-refractivity contribution in [3.63, 3.8) is 0 Å². The number of alkyl halides is 3. The zero-order valence-corrected chi connectivity index (χ0v) is 17.4. The fourth-order valence-electron chi connectivity index (χ4n) is 3.70. The van der Waals surface area contributed by atoms with Gasteiger partial charge in [-0.1, -0.05) is 0 Å². The summed E-state index contributed by atoms with van der Waals surface area (Å²) >= 11 is 0. The third-order valence-corrected chi connectivity index (χ3v) is 6.58. The van der Waals surface area contributed by atoms with Crippen molar-refractivity contribution in [2.24, 2.45) is 0 Å². The predicted molar refractivity (Wildman–Crippen MR) is 106 cm³/mol. The van der Waals surface area contributed by atoms with E-state index in [0.717, 1.165) is 23.1 Å². The molecule has 1 fully saturated rings. The van der Waals surface area contributed by atoms with E-state index in [-0.39, 0.29) is 43.1 Å². The average molecular weight is 476 g/mol. The van der Waals surface area contributed by atoms with Gasteiger partial charge in [0, 0.05) is 49.4 Å². The lowest BCUT2D eigenvalue weighted by atomic mass is 10.1. The maximum Gasteiger partial charge on any atom is 0.418 e. The van der Waals surface area contributed by atoms with Gasteiger partial charge in [-0.3, -0.25) is 0 Å². The summed E-state index contributed by atoms with van der Waals surface area (Å²) in [7, 11) is -3.45. The molecule has 2 aromatic carbocycles. The number of hydrogen-bond acceptors (Lipinski definition) is 5. The topological polar surface area (TPSA) is 78.7 Å². The summed E-state index contributed by atoms with van der Waals surface area (Å²) in [6.45, 7) is 0.211. The molecular weight excluding hydrogens is 459 g/mol. The monoisotopic (exact) mass is 476 g/mol. The second-order valence-corrected chi connectivity index (χ2v) is 9.37. The Labute approximate surface area is 179 Å². The van der Waals surface area contributed by atoms with Crippen molar-refractivity contribution in [2.45, 2.75) is 6.18 Å². The highest BCUT2D eigenvalue weighted by Gasteiger charge is 2.37. The molecule has 0 amide bonds. The molecule has 0 atom stereocenters. The Morgan fingerprint density at radius 3 is 2.25 bits per heavy atom. The molecule has 0 bridgehead atoms. The molecule has 0 radical (unpaired) electrons. The summed E-state index contributed by atoms with van der Waals surface area (Å²) < 4.78 is 94.4. The number of phenols is 1. The Balaban J connectivity index is 1.80. The second-order valence-electron chi connectivity index (χ2n) is 7.39. The molecule has 0 spiro atoms. The lowest BCUT2D eigenvalue weighted by Crippen LogP contribution is -2.48. The number of hydrogen-bond donors (Lipinski definition) is 1. The number of fused-ring (bicyclic) bond motifs is 1. The van der Waals surface area contributed by atoms with Crippen LogP contribution >= 0.6 is 0 Å². The minimum Gasteiger partial charge on any atom is -0.505 e. The minimum absolute atomic E-state index is 0.0266. The van der Waals surface area contributed by atoms with Crippen LogP contribution in [0.4, 0.5) is 27.6 Å². The van der Waals surface area contributed by atoms with Gasteiger partial charge in [0.2, 0.25) is 10.0 Å². The Bertz CT molecular complexity index is 1280. The van der Waals surface area contributed by atoms with Crippen molar-refractivity contribution >= 4 is 26.6 Å². The molecular formula is C19H17F5N4O3S. The highest BCUT2D eigenvalue weighted by Crippen LogP contribution is 2.40. The molecule has 2 heterocycles. The number of sulfonamides is 1. The lowest BCUT2D eigenvalue weighted by Gasteiger charge is -2.36. The number of aromatic nitrogens is 2. The SMILES string of the molecule is CS(=O)(=O)N1CCN(c2cc3cnn(-c4cc(O)c(F)c(F)c4)c3cc2C(F)(F)F)CC1. The summed E-state index contributed by atoms with van der Waals surface area (Å²) in [6, 6.07) is 3.69. The molecule has 4 rings (SSSR count). The van der Waals surface area contributed by atoms with Gasteiger partial charge in [-0.2, -0.15) is 27.0 Å². The van der Waals surface area contributed by atoms with Crippen LogP contribution in [0.15, 0.2) is 30.5 Å². The molecule has 172 valence electrons. The van der Waals surface area contributed by atoms with Crippen molar-refractivity contribution < 1.29 is 35.5 Å². The first-order chi connectivity index (χ1) is 14.9. The first kappa shape index (κ1) is 22.3. The van der Waals surface area contributed by atoms with E-state index in [1.807, 2.05) is 0 Å². The summed E-state index contributed by atoms with van der Waals surface area (Å²) in [5.74, 6) is -3.85. The van der Waals surface area contributed by atoms with E-state index in [4.69, 9.17) is 0 Å². The van der Waals surface area contributed by atoms with Crippen molar-refractivity contribution in [3.05, 3.63) is 47.7 Å². The van der Waals surface area contributed by atoms with Gasteiger partial charge in [-0.25, -0.2) is 17.5 Å². The summed E-state index contributed by atoms with van der Waals surface area (Å²) in [6.07, 6.45) is -2.44. The third kappa shape index (κ3) is 3.97. The number of rotatable bonds is 3. The first-order valence-electron chi connectivity index (χ1n) is 9.33. The Morgan fingerprint density at radius 2 is 1.69 bits per heavy atom. The van der Waals surface area contributed by atoms with Crippen molar-refractivity contribution in [2.75, 3.05) is 37.3 Å². The van der Waals surface area contributed by atoms with E-state index in [1.54, 1.807) is 0 Å². The van der Waals surface area contributed by atoms with Gasteiger partial charge in [-0.15, -0.1) is 0 Å². The van der Waals surface area contributed by atoms with Crippen LogP contribution in [0.25, 0.3) is 16.6 Å². The molecule has 0 unspecified atom stereocenters. The van der Waals surface area contributed by atoms with Gasteiger partial charge < -0.3 is 10.0 Å². The van der Waals surface area contributed by atoms with E-state index in [1.165, 1.54) is 21.5 Å². The molecule has 0 saturated carbocycles. The fraction of sp³-hybridized carbons (Fsp3) is 0.316. The summed E-state index contributed by atoms with van der Waals surface area (Å²) in [4.78, 5) is 1.45. The lowest BCUT2D eigenvalue weighted by molar-refractivity contribution is -0.137. The normalized spacial score (nSPS) is 16.1. The van der Waals surface area contributed by atoms with Crippen LogP contribution in [0.2, 0.25) is 0 Å². The van der Waals surface area contributed by atoms with Crippen LogP contribution < -0.4 is 4.90 Å². The Kier molecular flexibility index (Phi) is 5.28. The molecule has 3 aromatic rings. The number of benzene rings is 2. The smallest absolute Gasteiger partial charge is 0.418 e. The molecule has 32 heavy (non-hydrogen) atoms. The average Bonchev–Trinajstić information content (AvgIpc) is 3.12. The maximum atomic E-state index is 13.9. The quantitative estimate of drug-likeness (QED) is 0.588. The van der Waals surface area contributed by atoms with Crippen LogP contribution in [0.3, 0.4) is 0 Å². The zero-order chi connectivity index (χ0) is 23.4. The summed E-state index contributed by atoms with van der Waals surface area (Å²) in [5, 5.41) is 13.8. The maximum absolute atomic E-state index is 13.9. The largest absolute Gasteiger partial charge is 0.505 e. The minimum atomic E-state index is -4.75. The van der Waals surface area contributed by atoms with Crippen LogP contribution in [-0.2, 0) is 16.2 Å². The number of halogens is 5. The number of anilines is 1. The van der Waals surface area contributed by atoms with Crippen LogP contribution in [0.1, 0.15) is 5.56 Å². The Hall–Kier alpha value is -2.93. The molecule has 1 saturated heterocycles. The number of nitrogens with zero attached hydrogens (tertiary/aromatic N) is 4. The van der Waals surface area contributed by atoms with Gasteiger partial charge in [0.25, 0.3) is 0 Å². The highest BCUT2D eigenvalue weighted by atomic mass is 32.2. The first-order valence-corrected chi connectivity index (χ1v) is 11.2. The van der Waals surface area contributed by atoms with Crippen LogP contribution in [-0.4, -0.2) is 60.0 Å². The van der Waals surface area contributed by atoms with E-state index >= 15 is 0 Å². The van der Waals surface area contributed by atoms with Crippen LogP contribution in [0.5, 0.6) is 5.75 Å². The van der Waals surface area contributed by atoms with E-state index in [2.05, 4.69) is 5.10 Å². The molecule has 1 aliphatic heterocycles. The van der Waals surface area contributed by atoms with Gasteiger partial charge in [0.05, 0.1) is 29.2 Å². The molecule has 1 aromatic heterocycles. The standard InChI is InChI=1S/C19H17F5N4O3S/c1-32(30,31)27-4-2-26(3-5-27)16-6-11-10-25-28(15(11)9-13(16)19(22,23)24)12-7-14(20)18(21)17(29)8-12/h6-10,29H,2-5H2,1H3. The molecule has 1 N–H and O–H groups in total. The van der Waals surface area contributed by atoms with Crippen molar-refractivity contribution in [3.8, 4) is 11.4 Å². The fourth-order valence-corrected chi connectivity index (χ4v) is 4.53. The van der Waals surface area contributed by atoms with E-state index in [9.17, 15) is 35.5 Å². The summed E-state index contributed by atoms with van der Waals surface area (Å²) in [5.41, 5.74) is -1.29. The predicted octanol–water partition coefficient (Wildman–Crippen LogP) is 3.11. The van der Waals surface area contributed by atoms with Crippen molar-refractivity contribution in [1.82, 2.24) is 14.1 Å². The Morgan fingerprint density at radius 1 is 1.03 bits per heavy atom. The van der Waals surface area contributed by atoms with E-state index < -0.39 is 39.1 Å². The van der Waals surface area contributed by atoms with Gasteiger partial charge >= 0.3 is 6.18 Å². The van der Waals surface area contributed by atoms with Gasteiger partial charge in [0.1, 0.15) is 0 Å². The number of aromatic hydroxyl groups is 1. The van der Waals surface area contributed by atoms with E-state index in [0.29, 0.717) is 11.5 Å². The third-order valence-electron chi connectivity index (χ3n) is 5.28. The zero-order valence-electron chi connectivity index (χ0n) is 16.6. The van der Waals surface area contributed by atoms with Crippen molar-refractivity contribution in [1.29, 1.82) is 0 Å². The molecule has 13 heteroatoms.